The van der Waals surface area contributed by atoms with Gasteiger partial charge in [-0.05, 0) is 52.9 Å². The Labute approximate surface area is 207 Å². The van der Waals surface area contributed by atoms with Crippen molar-refractivity contribution in [3.8, 4) is 11.1 Å². The average Bonchev–Trinajstić information content (AvgIpc) is 2.92. The van der Waals surface area contributed by atoms with Gasteiger partial charge in [-0.3, -0.25) is 9.59 Å². The molecule has 0 aliphatic carbocycles. The van der Waals surface area contributed by atoms with Crippen LogP contribution < -0.4 is 10.6 Å². The fourth-order valence-electron chi connectivity index (χ4n) is 4.62. The molecule has 0 bridgehead atoms. The molecule has 3 aromatic rings. The first-order valence-corrected chi connectivity index (χ1v) is 12.3. The normalized spacial score (nSPS) is 13.6. The SMILES string of the molecule is CCc1ccccc1N1CCN(C(=O)c2ccc(-c3cccc(CN(C)C(=O)CN)c3)cc2)CC1. The van der Waals surface area contributed by atoms with Gasteiger partial charge in [-0.1, -0.05) is 55.5 Å². The van der Waals surface area contributed by atoms with Gasteiger partial charge in [-0.2, -0.15) is 0 Å². The highest BCUT2D eigenvalue weighted by atomic mass is 16.2. The van der Waals surface area contributed by atoms with Crippen LogP contribution in [0.1, 0.15) is 28.4 Å². The Morgan fingerprint density at radius 2 is 1.60 bits per heavy atom. The Bertz CT molecular complexity index is 1170. The second kappa shape index (κ2) is 11.2. The minimum atomic E-state index is -0.0892. The van der Waals surface area contributed by atoms with E-state index in [1.54, 1.807) is 11.9 Å². The molecule has 3 aromatic carbocycles. The number of rotatable bonds is 7. The van der Waals surface area contributed by atoms with Gasteiger partial charge in [0, 0.05) is 51.0 Å². The zero-order valence-electron chi connectivity index (χ0n) is 20.6. The number of nitrogens with two attached hydrogens (primary N) is 1. The zero-order valence-corrected chi connectivity index (χ0v) is 20.6. The molecule has 6 heteroatoms. The van der Waals surface area contributed by atoms with Crippen molar-refractivity contribution in [1.29, 1.82) is 0 Å². The van der Waals surface area contributed by atoms with Crippen LogP contribution in [0, 0.1) is 0 Å². The van der Waals surface area contributed by atoms with E-state index in [2.05, 4.69) is 42.2 Å². The molecular weight excluding hydrogens is 436 g/mol. The first-order chi connectivity index (χ1) is 17.0. The van der Waals surface area contributed by atoms with Crippen molar-refractivity contribution in [3.05, 3.63) is 89.5 Å². The number of anilines is 1. The summed E-state index contributed by atoms with van der Waals surface area (Å²) in [5.74, 6) is -0.00989. The maximum atomic E-state index is 13.1. The predicted molar refractivity (Wildman–Crippen MR) is 141 cm³/mol. The number of hydrogen-bond acceptors (Lipinski definition) is 4. The van der Waals surface area contributed by atoms with Crippen LogP contribution in [0.25, 0.3) is 11.1 Å². The summed E-state index contributed by atoms with van der Waals surface area (Å²) in [6.45, 7) is 5.82. The number of aryl methyl sites for hydroxylation is 1. The molecule has 1 heterocycles. The van der Waals surface area contributed by atoms with E-state index in [-0.39, 0.29) is 18.4 Å². The monoisotopic (exact) mass is 470 g/mol. The summed E-state index contributed by atoms with van der Waals surface area (Å²) in [5, 5.41) is 0. The fraction of sp³-hybridized carbons (Fsp3) is 0.310. The number of nitrogens with zero attached hydrogens (tertiary/aromatic N) is 3. The highest BCUT2D eigenvalue weighted by molar-refractivity contribution is 5.95. The second-order valence-electron chi connectivity index (χ2n) is 8.99. The number of para-hydroxylation sites is 1. The Balaban J connectivity index is 1.39. The molecule has 2 amide bonds. The van der Waals surface area contributed by atoms with Crippen LogP contribution in [0.2, 0.25) is 0 Å². The lowest BCUT2D eigenvalue weighted by atomic mass is 10.0. The third-order valence-corrected chi connectivity index (χ3v) is 6.69. The van der Waals surface area contributed by atoms with E-state index in [1.807, 2.05) is 47.4 Å². The minimum Gasteiger partial charge on any atom is -0.368 e. The maximum absolute atomic E-state index is 13.1. The Morgan fingerprint density at radius 1 is 0.886 bits per heavy atom. The van der Waals surface area contributed by atoms with Crippen molar-refractivity contribution in [2.45, 2.75) is 19.9 Å². The summed E-state index contributed by atoms with van der Waals surface area (Å²) in [7, 11) is 1.75. The van der Waals surface area contributed by atoms with Crippen LogP contribution in [0.5, 0.6) is 0 Å². The quantitative estimate of drug-likeness (QED) is 0.570. The van der Waals surface area contributed by atoms with Gasteiger partial charge >= 0.3 is 0 Å². The number of likely N-dealkylation sites (N-methyl/N-ethyl adjacent to an activating group) is 1. The van der Waals surface area contributed by atoms with E-state index in [0.29, 0.717) is 12.1 Å². The van der Waals surface area contributed by atoms with Gasteiger partial charge in [0.25, 0.3) is 5.91 Å². The average molecular weight is 471 g/mol. The van der Waals surface area contributed by atoms with Crippen molar-refractivity contribution in [1.82, 2.24) is 9.80 Å². The predicted octanol–water partition coefficient (Wildman–Crippen LogP) is 3.80. The second-order valence-corrected chi connectivity index (χ2v) is 8.99. The molecule has 1 fully saturated rings. The molecule has 0 atom stereocenters. The van der Waals surface area contributed by atoms with Crippen LogP contribution in [0.3, 0.4) is 0 Å². The summed E-state index contributed by atoms with van der Waals surface area (Å²) in [6.07, 6.45) is 1.01. The molecule has 182 valence electrons. The molecule has 2 N–H and O–H groups in total. The summed E-state index contributed by atoms with van der Waals surface area (Å²) in [4.78, 5) is 30.9. The van der Waals surface area contributed by atoms with E-state index < -0.39 is 0 Å². The zero-order chi connectivity index (χ0) is 24.8. The van der Waals surface area contributed by atoms with Gasteiger partial charge < -0.3 is 20.4 Å². The van der Waals surface area contributed by atoms with Gasteiger partial charge in [0.05, 0.1) is 6.54 Å². The number of piperazine rings is 1. The summed E-state index contributed by atoms with van der Waals surface area (Å²) < 4.78 is 0. The number of benzene rings is 3. The molecule has 35 heavy (non-hydrogen) atoms. The van der Waals surface area contributed by atoms with Crippen molar-refractivity contribution in [3.63, 3.8) is 0 Å². The lowest BCUT2D eigenvalue weighted by Gasteiger charge is -2.37. The third-order valence-electron chi connectivity index (χ3n) is 6.69. The molecule has 6 nitrogen and oxygen atoms in total. The highest BCUT2D eigenvalue weighted by Gasteiger charge is 2.23. The lowest BCUT2D eigenvalue weighted by molar-refractivity contribution is -0.128. The molecule has 0 unspecified atom stereocenters. The lowest BCUT2D eigenvalue weighted by Crippen LogP contribution is -2.49. The van der Waals surface area contributed by atoms with E-state index in [0.717, 1.165) is 49.3 Å². The molecule has 4 rings (SSSR count). The van der Waals surface area contributed by atoms with Gasteiger partial charge in [0.15, 0.2) is 0 Å². The Hall–Kier alpha value is -3.64. The Morgan fingerprint density at radius 3 is 2.29 bits per heavy atom. The van der Waals surface area contributed by atoms with Crippen LogP contribution in [0.15, 0.2) is 72.8 Å². The summed E-state index contributed by atoms with van der Waals surface area (Å²) >= 11 is 0. The minimum absolute atomic E-state index is 0.00671. The first-order valence-electron chi connectivity index (χ1n) is 12.3. The van der Waals surface area contributed by atoms with E-state index in [4.69, 9.17) is 5.73 Å². The molecule has 0 radical (unpaired) electrons. The van der Waals surface area contributed by atoms with E-state index in [9.17, 15) is 9.59 Å². The molecular formula is C29H34N4O2. The van der Waals surface area contributed by atoms with Crippen molar-refractivity contribution < 1.29 is 9.59 Å². The van der Waals surface area contributed by atoms with E-state index in [1.165, 1.54) is 11.3 Å². The largest absolute Gasteiger partial charge is 0.368 e. The maximum Gasteiger partial charge on any atom is 0.253 e. The summed E-state index contributed by atoms with van der Waals surface area (Å²) in [5.41, 5.74) is 11.9. The standard InChI is InChI=1S/C29H34N4O2/c1-3-23-8-4-5-10-27(23)32-15-17-33(18-16-32)29(35)25-13-11-24(12-14-25)26-9-6-7-22(19-26)21-31(2)28(34)20-30/h4-14,19H,3,15-18,20-21,30H2,1-2H3. The van der Waals surface area contributed by atoms with Gasteiger partial charge in [-0.15, -0.1) is 0 Å². The van der Waals surface area contributed by atoms with Gasteiger partial charge in [-0.25, -0.2) is 0 Å². The van der Waals surface area contributed by atoms with Crippen LogP contribution in [-0.4, -0.2) is 61.4 Å². The van der Waals surface area contributed by atoms with Crippen LogP contribution in [0.4, 0.5) is 5.69 Å². The number of hydrogen-bond donors (Lipinski definition) is 1. The molecule has 1 aliphatic heterocycles. The Kier molecular flexibility index (Phi) is 7.83. The fourth-order valence-corrected chi connectivity index (χ4v) is 4.62. The third kappa shape index (κ3) is 5.72. The highest BCUT2D eigenvalue weighted by Crippen LogP contribution is 2.24. The summed E-state index contributed by atoms with van der Waals surface area (Å²) in [6, 6.07) is 24.4. The number of carbonyl (C=O) groups is 2. The van der Waals surface area contributed by atoms with Gasteiger partial charge in [0.2, 0.25) is 5.91 Å². The molecule has 0 aromatic heterocycles. The van der Waals surface area contributed by atoms with Crippen LogP contribution >= 0.6 is 0 Å². The topological polar surface area (TPSA) is 69.9 Å². The van der Waals surface area contributed by atoms with Crippen LogP contribution in [-0.2, 0) is 17.8 Å². The van der Waals surface area contributed by atoms with Crippen molar-refractivity contribution in [2.24, 2.45) is 5.73 Å². The first kappa shape index (κ1) is 24.5. The molecule has 0 spiro atoms. The smallest absolute Gasteiger partial charge is 0.253 e. The molecule has 1 aliphatic rings. The number of carbonyl (C=O) groups excluding carboxylic acids is 2. The van der Waals surface area contributed by atoms with Crippen molar-refractivity contribution in [2.75, 3.05) is 44.7 Å². The van der Waals surface area contributed by atoms with Gasteiger partial charge in [0.1, 0.15) is 0 Å². The molecule has 0 saturated carbocycles. The molecule has 1 saturated heterocycles. The number of amides is 2. The van der Waals surface area contributed by atoms with E-state index >= 15 is 0 Å². The van der Waals surface area contributed by atoms with Crippen molar-refractivity contribution >= 4 is 17.5 Å².